The van der Waals surface area contributed by atoms with Crippen molar-refractivity contribution in [1.29, 1.82) is 0 Å². The molecule has 20 heteroatoms. The molecule has 318 valence electrons. The van der Waals surface area contributed by atoms with Crippen LogP contribution in [0.2, 0.25) is 0 Å². The summed E-state index contributed by atoms with van der Waals surface area (Å²) in [7, 11) is -4.45. The normalized spacial score (nSPS) is 18.2. The zero-order valence-corrected chi connectivity index (χ0v) is 34.2. The number of carbonyl (C=O) groups is 5. The summed E-state index contributed by atoms with van der Waals surface area (Å²) in [6.07, 6.45) is 5.55. The van der Waals surface area contributed by atoms with Crippen molar-refractivity contribution in [1.82, 2.24) is 36.1 Å². The number of hydrogen-bond donors (Lipinski definition) is 8. The summed E-state index contributed by atoms with van der Waals surface area (Å²) >= 11 is 0. The number of imidazole rings is 1. The van der Waals surface area contributed by atoms with Gasteiger partial charge in [0.25, 0.3) is 0 Å². The number of aliphatic hydroxyl groups is 2. The lowest BCUT2D eigenvalue weighted by atomic mass is 10.0. The van der Waals surface area contributed by atoms with Gasteiger partial charge in [-0.15, -0.1) is 6.58 Å². The third-order valence-electron chi connectivity index (χ3n) is 9.01. The van der Waals surface area contributed by atoms with E-state index in [2.05, 4.69) is 37.8 Å². The minimum absolute atomic E-state index is 0.00247. The number of aromatic amines is 1. The van der Waals surface area contributed by atoms with Crippen LogP contribution in [0.3, 0.4) is 0 Å². The first-order valence-electron chi connectivity index (χ1n) is 18.9. The number of allylic oxidation sites excluding steroid dienone is 1. The Hall–Kier alpha value is -3.71. The molecule has 0 aromatic carbocycles. The van der Waals surface area contributed by atoms with Crippen molar-refractivity contribution >= 4 is 37.4 Å². The molecule has 8 N–H and O–H groups in total. The van der Waals surface area contributed by atoms with Crippen LogP contribution in [0.1, 0.15) is 85.8 Å². The summed E-state index contributed by atoms with van der Waals surface area (Å²) in [4.78, 5) is 85.6. The molecule has 7 atom stereocenters. The molecular weight excluding hydrogens is 753 g/mol. The monoisotopic (exact) mass is 815 g/mol. The van der Waals surface area contributed by atoms with E-state index >= 15 is 0 Å². The minimum atomic E-state index is -4.45. The largest absolute Gasteiger partial charge is 0.472 e. The maximum absolute atomic E-state index is 13.8. The molecule has 1 aromatic heterocycles. The number of nitrogens with one attached hydrogen (secondary N) is 5. The Bertz CT molecular complexity index is 1480. The van der Waals surface area contributed by atoms with Gasteiger partial charge < -0.3 is 51.0 Å². The molecule has 0 bridgehead atoms. The highest BCUT2D eigenvalue weighted by atomic mass is 31.2. The van der Waals surface area contributed by atoms with Gasteiger partial charge in [-0.1, -0.05) is 19.9 Å². The van der Waals surface area contributed by atoms with Crippen LogP contribution in [-0.4, -0.2) is 134 Å². The molecule has 1 unspecified atom stereocenters. The second-order valence-electron chi connectivity index (χ2n) is 14.9. The smallest absolute Gasteiger partial charge is 0.394 e. The van der Waals surface area contributed by atoms with E-state index < -0.39 is 80.0 Å². The van der Waals surface area contributed by atoms with Gasteiger partial charge in [0.1, 0.15) is 24.2 Å². The lowest BCUT2D eigenvalue weighted by Crippen LogP contribution is -2.59. The number of nitrogens with zero attached hydrogens (tertiary/aromatic N) is 2. The number of phosphoric ester groups is 1. The van der Waals surface area contributed by atoms with Gasteiger partial charge in [-0.25, -0.2) is 9.55 Å². The molecule has 1 saturated heterocycles. The fourth-order valence-electron chi connectivity index (χ4n) is 5.66. The third kappa shape index (κ3) is 16.8. The van der Waals surface area contributed by atoms with Crippen LogP contribution in [0.4, 0.5) is 0 Å². The van der Waals surface area contributed by atoms with E-state index in [-0.39, 0.29) is 50.9 Å². The number of phosphoric acid groups is 1. The Labute approximate surface area is 328 Å². The Morgan fingerprint density at radius 2 is 1.70 bits per heavy atom. The van der Waals surface area contributed by atoms with Crippen LogP contribution < -0.4 is 21.3 Å². The molecule has 2 heterocycles. The van der Waals surface area contributed by atoms with Crippen LogP contribution >= 0.6 is 7.82 Å². The molecule has 0 aliphatic carbocycles. The molecule has 1 aliphatic rings. The molecule has 0 saturated carbocycles. The Morgan fingerprint density at radius 3 is 2.30 bits per heavy atom. The molecule has 19 nitrogen and oxygen atoms in total. The van der Waals surface area contributed by atoms with Crippen molar-refractivity contribution in [2.45, 2.75) is 128 Å². The van der Waals surface area contributed by atoms with E-state index in [1.54, 1.807) is 19.9 Å². The molecular formula is C36H62N7O12P. The molecule has 0 spiro atoms. The van der Waals surface area contributed by atoms with Crippen LogP contribution in [0.5, 0.6) is 0 Å². The van der Waals surface area contributed by atoms with Gasteiger partial charge in [-0.3, -0.25) is 33.0 Å². The Balaban J connectivity index is 2.13. The summed E-state index contributed by atoms with van der Waals surface area (Å²) in [6.45, 7) is 12.9. The van der Waals surface area contributed by atoms with Gasteiger partial charge in [0.05, 0.1) is 56.9 Å². The summed E-state index contributed by atoms with van der Waals surface area (Å²) in [5, 5.41) is 29.9. The van der Waals surface area contributed by atoms with Crippen LogP contribution in [0.25, 0.3) is 0 Å². The van der Waals surface area contributed by atoms with Crippen molar-refractivity contribution in [2.24, 2.45) is 5.92 Å². The maximum Gasteiger partial charge on any atom is 0.472 e. The first kappa shape index (κ1) is 48.4. The minimum Gasteiger partial charge on any atom is -0.394 e. The van der Waals surface area contributed by atoms with E-state index in [0.717, 1.165) is 0 Å². The van der Waals surface area contributed by atoms with Crippen LogP contribution in [-0.2, 0) is 48.7 Å². The maximum atomic E-state index is 13.8. The van der Waals surface area contributed by atoms with E-state index in [9.17, 15) is 43.6 Å². The number of aliphatic hydroxyl groups excluding tert-OH is 2. The van der Waals surface area contributed by atoms with E-state index in [4.69, 9.17) is 13.8 Å². The number of ether oxygens (including phenoxy) is 1. The zero-order valence-electron chi connectivity index (χ0n) is 33.3. The van der Waals surface area contributed by atoms with Gasteiger partial charge in [-0.2, -0.15) is 0 Å². The number of aromatic nitrogens is 2. The predicted octanol–water partition coefficient (Wildman–Crippen LogP) is 0.607. The second kappa shape index (κ2) is 23.5. The van der Waals surface area contributed by atoms with E-state index in [1.807, 2.05) is 13.8 Å². The van der Waals surface area contributed by atoms with Crippen molar-refractivity contribution in [3.05, 3.63) is 30.9 Å². The topological polar surface area (TPSA) is 271 Å². The molecule has 1 fully saturated rings. The van der Waals surface area contributed by atoms with Crippen LogP contribution in [0.15, 0.2) is 25.2 Å². The highest BCUT2D eigenvalue weighted by molar-refractivity contribution is 7.47. The van der Waals surface area contributed by atoms with Crippen molar-refractivity contribution in [2.75, 3.05) is 33.0 Å². The van der Waals surface area contributed by atoms with E-state index in [0.29, 0.717) is 37.9 Å². The number of hydrogen-bond acceptors (Lipinski definition) is 12. The number of likely N-dealkylation sites (tertiary alicyclic amines) is 1. The predicted molar refractivity (Wildman–Crippen MR) is 204 cm³/mol. The Kier molecular flexibility index (Phi) is 20.3. The fraction of sp³-hybridized carbons (Fsp3) is 0.722. The quantitative estimate of drug-likeness (QED) is 0.0362. The lowest BCUT2D eigenvalue weighted by Gasteiger charge is -2.29. The van der Waals surface area contributed by atoms with Gasteiger partial charge in [-0.05, 0) is 65.7 Å². The number of unbranched alkanes of at least 4 members (excludes halogenated alkanes) is 1. The summed E-state index contributed by atoms with van der Waals surface area (Å²) in [6, 6.07) is -5.59. The zero-order chi connectivity index (χ0) is 42.1. The summed E-state index contributed by atoms with van der Waals surface area (Å²) in [5.41, 5.74) is -0.355. The Morgan fingerprint density at radius 1 is 1.04 bits per heavy atom. The standard InChI is InChI=1S/C36H62N7O12P/c1-8-9-10-15-54-56(51,52)55-25(5)24(4)39-34(49)29(20-44)42-33(48)28(18-26-19-37-22-38-26)40-32(47)27(17-23(2)3)41-35(50)30-12-11-14-43(30)31(46)13-16-53-36(6,7)21-45/h8,19,22-25,27-30,44-45H,1,9-18,20-21H2,2-7H3,(H,37,38)(H,39,49)(H,40,47)(H,41,50)(H,42,48)(H,51,52)/t24-,25-,27+,28+,29+,30+/m1/s1. The number of carbonyl (C=O) groups excluding carboxylic acids is 5. The molecule has 1 aromatic rings. The average Bonchev–Trinajstić information content (AvgIpc) is 3.84. The molecule has 5 amide bonds. The molecule has 0 radical (unpaired) electrons. The van der Waals surface area contributed by atoms with Gasteiger partial charge in [0, 0.05) is 24.9 Å². The second-order valence-corrected chi connectivity index (χ2v) is 16.3. The van der Waals surface area contributed by atoms with Crippen molar-refractivity contribution < 1.29 is 57.4 Å². The van der Waals surface area contributed by atoms with E-state index in [1.165, 1.54) is 31.3 Å². The highest BCUT2D eigenvalue weighted by Gasteiger charge is 2.37. The first-order valence-corrected chi connectivity index (χ1v) is 20.4. The van der Waals surface area contributed by atoms with Gasteiger partial charge in [0.15, 0.2) is 0 Å². The van der Waals surface area contributed by atoms with Crippen molar-refractivity contribution in [3.63, 3.8) is 0 Å². The molecule has 1 aliphatic heterocycles. The van der Waals surface area contributed by atoms with Gasteiger partial charge >= 0.3 is 7.82 Å². The number of rotatable bonds is 26. The number of amides is 5. The fourth-order valence-corrected chi connectivity index (χ4v) is 6.68. The summed E-state index contributed by atoms with van der Waals surface area (Å²) in [5.74, 6) is -3.25. The first-order chi connectivity index (χ1) is 26.3. The van der Waals surface area contributed by atoms with Gasteiger partial charge in [0.2, 0.25) is 29.5 Å². The molecule has 56 heavy (non-hydrogen) atoms. The number of H-pyrrole nitrogens is 1. The van der Waals surface area contributed by atoms with Crippen LogP contribution in [0, 0.1) is 5.92 Å². The lowest BCUT2D eigenvalue weighted by molar-refractivity contribution is -0.141. The average molecular weight is 816 g/mol. The molecule has 2 rings (SSSR count). The third-order valence-corrected chi connectivity index (χ3v) is 10.1. The van der Waals surface area contributed by atoms with Crippen molar-refractivity contribution in [3.8, 4) is 0 Å². The summed E-state index contributed by atoms with van der Waals surface area (Å²) < 4.78 is 28.0. The highest BCUT2D eigenvalue weighted by Crippen LogP contribution is 2.45. The SMILES string of the molecule is C=CCCCOP(=O)(O)O[C@H](C)[C@@H](C)NC(=O)[C@H](CO)NC(=O)[C@H](Cc1cnc[nH]1)NC(=O)[C@H](CC(C)C)NC(=O)[C@@H]1CCCN1C(=O)CCOC(C)(C)CO.